The van der Waals surface area contributed by atoms with Crippen LogP contribution >= 0.6 is 15.9 Å². The van der Waals surface area contributed by atoms with Gasteiger partial charge in [0.05, 0.1) is 12.7 Å². The maximum absolute atomic E-state index is 14.6. The van der Waals surface area contributed by atoms with E-state index in [1.165, 1.54) is 0 Å². The standard InChI is InChI=1S/C24H20BrF5N2O3/c25-16-6-5-12(14-3-1-2-4-15(14)16)9-20(24(34)35)32-23(33)21-17(27)10-13(11-18(21)28)31-19(7-8-26)22(29)30/h1-6,10-11,19-20,22,31H,7-9H2,(H,32,33)(H,34,35). The van der Waals surface area contributed by atoms with Gasteiger partial charge >= 0.3 is 5.97 Å². The van der Waals surface area contributed by atoms with E-state index < -0.39 is 66.4 Å². The number of aliphatic carboxylic acids is 1. The third-order valence-electron chi connectivity index (χ3n) is 5.33. The molecule has 0 heterocycles. The van der Waals surface area contributed by atoms with Crippen molar-refractivity contribution in [2.24, 2.45) is 0 Å². The summed E-state index contributed by atoms with van der Waals surface area (Å²) in [6, 6.07) is 8.59. The normalized spacial score (nSPS) is 13.0. The Morgan fingerprint density at radius 1 is 1.00 bits per heavy atom. The van der Waals surface area contributed by atoms with Gasteiger partial charge in [0.15, 0.2) is 0 Å². The van der Waals surface area contributed by atoms with Crippen LogP contribution in [0.25, 0.3) is 10.8 Å². The average molecular weight is 559 g/mol. The number of carbonyl (C=O) groups excluding carboxylic acids is 1. The van der Waals surface area contributed by atoms with E-state index in [0.29, 0.717) is 17.7 Å². The molecule has 0 aliphatic carbocycles. The van der Waals surface area contributed by atoms with Crippen molar-refractivity contribution in [1.82, 2.24) is 5.32 Å². The summed E-state index contributed by atoms with van der Waals surface area (Å²) in [4.78, 5) is 24.4. The molecule has 35 heavy (non-hydrogen) atoms. The Morgan fingerprint density at radius 2 is 1.63 bits per heavy atom. The molecule has 3 N–H and O–H groups in total. The number of carbonyl (C=O) groups is 2. The van der Waals surface area contributed by atoms with Gasteiger partial charge in [0.2, 0.25) is 0 Å². The molecule has 1 amide bonds. The minimum atomic E-state index is -2.99. The number of carboxylic acids is 1. The van der Waals surface area contributed by atoms with Crippen LogP contribution in [0.4, 0.5) is 27.6 Å². The largest absolute Gasteiger partial charge is 0.480 e. The van der Waals surface area contributed by atoms with E-state index in [2.05, 4.69) is 26.6 Å². The van der Waals surface area contributed by atoms with Gasteiger partial charge < -0.3 is 15.7 Å². The number of hydrogen-bond donors (Lipinski definition) is 3. The number of alkyl halides is 3. The summed E-state index contributed by atoms with van der Waals surface area (Å²) in [6.07, 6.45) is -3.75. The van der Waals surface area contributed by atoms with Crippen LogP contribution < -0.4 is 10.6 Å². The lowest BCUT2D eigenvalue weighted by molar-refractivity contribution is -0.139. The number of anilines is 1. The molecule has 0 saturated heterocycles. The predicted octanol–water partition coefficient (Wildman–Crippen LogP) is 5.71. The number of nitrogens with one attached hydrogen (secondary N) is 2. The summed E-state index contributed by atoms with van der Waals surface area (Å²) >= 11 is 3.42. The first-order chi connectivity index (χ1) is 16.6. The number of rotatable bonds is 10. The van der Waals surface area contributed by atoms with E-state index in [4.69, 9.17) is 0 Å². The maximum Gasteiger partial charge on any atom is 0.326 e. The van der Waals surface area contributed by atoms with Crippen molar-refractivity contribution in [3.8, 4) is 0 Å². The predicted molar refractivity (Wildman–Crippen MR) is 125 cm³/mol. The van der Waals surface area contributed by atoms with Gasteiger partial charge in [-0.15, -0.1) is 0 Å². The molecule has 186 valence electrons. The molecule has 2 atom stereocenters. The quantitative estimate of drug-likeness (QED) is 0.278. The topological polar surface area (TPSA) is 78.4 Å². The van der Waals surface area contributed by atoms with Crippen molar-refractivity contribution in [2.75, 3.05) is 12.0 Å². The fraction of sp³-hybridized carbons (Fsp3) is 0.250. The third-order valence-corrected chi connectivity index (χ3v) is 6.03. The fourth-order valence-corrected chi connectivity index (χ4v) is 4.10. The third kappa shape index (κ3) is 6.27. The van der Waals surface area contributed by atoms with Crippen LogP contribution in [0.2, 0.25) is 0 Å². The van der Waals surface area contributed by atoms with Gasteiger partial charge in [0.25, 0.3) is 12.3 Å². The van der Waals surface area contributed by atoms with Crippen LogP contribution in [-0.4, -0.2) is 42.2 Å². The molecule has 0 aliphatic heterocycles. The number of halogens is 6. The van der Waals surface area contributed by atoms with Crippen molar-refractivity contribution in [3.05, 3.63) is 75.8 Å². The molecule has 11 heteroatoms. The van der Waals surface area contributed by atoms with Gasteiger partial charge in [0.1, 0.15) is 23.2 Å². The van der Waals surface area contributed by atoms with Crippen LogP contribution in [0.3, 0.4) is 0 Å². The summed E-state index contributed by atoms with van der Waals surface area (Å²) in [6.45, 7) is -1.07. The molecule has 2 unspecified atom stereocenters. The highest BCUT2D eigenvalue weighted by atomic mass is 79.9. The molecule has 0 bridgehead atoms. The molecule has 3 rings (SSSR count). The minimum absolute atomic E-state index is 0.170. The lowest BCUT2D eigenvalue weighted by atomic mass is 9.98. The van der Waals surface area contributed by atoms with Gasteiger partial charge in [-0.05, 0) is 34.5 Å². The zero-order chi connectivity index (χ0) is 25.7. The van der Waals surface area contributed by atoms with E-state index in [9.17, 15) is 36.6 Å². The number of benzene rings is 3. The zero-order valence-corrected chi connectivity index (χ0v) is 19.6. The second-order valence-electron chi connectivity index (χ2n) is 7.70. The van der Waals surface area contributed by atoms with Crippen molar-refractivity contribution < 1.29 is 36.6 Å². The first-order valence-electron chi connectivity index (χ1n) is 10.4. The van der Waals surface area contributed by atoms with Crippen molar-refractivity contribution >= 4 is 44.3 Å². The van der Waals surface area contributed by atoms with Gasteiger partial charge in [-0.2, -0.15) is 0 Å². The van der Waals surface area contributed by atoms with Crippen molar-refractivity contribution in [2.45, 2.75) is 31.4 Å². The Balaban J connectivity index is 1.83. The number of carboxylic acid groups (broad SMARTS) is 1. The lowest BCUT2D eigenvalue weighted by Gasteiger charge is -2.19. The monoisotopic (exact) mass is 558 g/mol. The van der Waals surface area contributed by atoms with Gasteiger partial charge in [-0.3, -0.25) is 9.18 Å². The average Bonchev–Trinajstić information content (AvgIpc) is 2.79. The fourth-order valence-electron chi connectivity index (χ4n) is 3.62. The van der Waals surface area contributed by atoms with Crippen LogP contribution in [-0.2, 0) is 11.2 Å². The Morgan fingerprint density at radius 3 is 2.20 bits per heavy atom. The Hall–Kier alpha value is -3.21. The number of hydrogen-bond acceptors (Lipinski definition) is 3. The molecule has 5 nitrogen and oxygen atoms in total. The Kier molecular flexibility index (Phi) is 8.66. The molecule has 0 saturated carbocycles. The minimum Gasteiger partial charge on any atom is -0.480 e. The molecule has 0 aliphatic rings. The second-order valence-corrected chi connectivity index (χ2v) is 8.55. The Bertz CT molecular complexity index is 1220. The number of amides is 1. The van der Waals surface area contributed by atoms with Crippen LogP contribution in [0.1, 0.15) is 22.3 Å². The highest BCUT2D eigenvalue weighted by molar-refractivity contribution is 9.10. The molecule has 0 radical (unpaired) electrons. The van der Waals surface area contributed by atoms with Crippen LogP contribution in [0.15, 0.2) is 53.0 Å². The van der Waals surface area contributed by atoms with Crippen LogP contribution in [0.5, 0.6) is 0 Å². The first kappa shape index (κ1) is 26.4. The van der Waals surface area contributed by atoms with Crippen molar-refractivity contribution in [3.63, 3.8) is 0 Å². The van der Waals surface area contributed by atoms with E-state index in [1.54, 1.807) is 30.3 Å². The number of fused-ring (bicyclic) bond motifs is 1. The van der Waals surface area contributed by atoms with E-state index >= 15 is 0 Å². The molecule has 3 aromatic carbocycles. The van der Waals surface area contributed by atoms with Gasteiger partial charge in [-0.25, -0.2) is 22.4 Å². The Labute approximate surface area is 205 Å². The highest BCUT2D eigenvalue weighted by Gasteiger charge is 2.27. The summed E-state index contributed by atoms with van der Waals surface area (Å²) in [5, 5.41) is 15.4. The van der Waals surface area contributed by atoms with E-state index in [1.807, 2.05) is 6.07 Å². The van der Waals surface area contributed by atoms with E-state index in [0.717, 1.165) is 15.2 Å². The summed E-state index contributed by atoms with van der Waals surface area (Å²) < 4.78 is 68.3. The summed E-state index contributed by atoms with van der Waals surface area (Å²) in [5.74, 6) is -5.53. The smallest absolute Gasteiger partial charge is 0.326 e. The second kappa shape index (κ2) is 11.5. The van der Waals surface area contributed by atoms with Gasteiger partial charge in [0, 0.05) is 23.0 Å². The SMILES string of the molecule is O=C(NC(Cc1ccc(Br)c2ccccc12)C(=O)O)c1c(F)cc(NC(CCF)C(F)F)cc1F. The molecule has 0 spiro atoms. The van der Waals surface area contributed by atoms with Crippen molar-refractivity contribution in [1.29, 1.82) is 0 Å². The zero-order valence-electron chi connectivity index (χ0n) is 18.0. The maximum atomic E-state index is 14.6. The molecular weight excluding hydrogens is 539 g/mol. The highest BCUT2D eigenvalue weighted by Crippen LogP contribution is 2.28. The molecule has 3 aromatic rings. The first-order valence-corrected chi connectivity index (χ1v) is 11.2. The lowest BCUT2D eigenvalue weighted by Crippen LogP contribution is -2.43. The summed E-state index contributed by atoms with van der Waals surface area (Å²) in [7, 11) is 0. The molecule has 0 aromatic heterocycles. The molecular formula is C24H20BrF5N2O3. The van der Waals surface area contributed by atoms with Crippen LogP contribution in [0, 0.1) is 11.6 Å². The summed E-state index contributed by atoms with van der Waals surface area (Å²) in [5.41, 5.74) is -0.893. The van der Waals surface area contributed by atoms with E-state index in [-0.39, 0.29) is 6.42 Å². The van der Waals surface area contributed by atoms with Gasteiger partial charge in [-0.1, -0.05) is 46.3 Å². The molecule has 0 fully saturated rings.